The predicted molar refractivity (Wildman–Crippen MR) is 62.9 cm³/mol. The molecule has 1 aromatic carbocycles. The van der Waals surface area contributed by atoms with Crippen molar-refractivity contribution >= 4 is 17.9 Å². The number of benzene rings is 1. The molecule has 0 aliphatic heterocycles. The smallest absolute Gasteiger partial charge is 0.170 e. The first-order valence-corrected chi connectivity index (χ1v) is 5.29. The van der Waals surface area contributed by atoms with Crippen molar-refractivity contribution in [2.75, 3.05) is 0 Å². The van der Waals surface area contributed by atoms with Crippen molar-refractivity contribution in [1.29, 1.82) is 0 Å². The highest BCUT2D eigenvalue weighted by atomic mass is 35.5. The van der Waals surface area contributed by atoms with Crippen LogP contribution in [0.25, 0.3) is 0 Å². The number of aryl methyl sites for hydroxylation is 1. The van der Waals surface area contributed by atoms with Crippen LogP contribution in [0.15, 0.2) is 30.5 Å². The van der Waals surface area contributed by atoms with E-state index in [-0.39, 0.29) is 0 Å². The van der Waals surface area contributed by atoms with Gasteiger partial charge in [-0.25, -0.2) is 0 Å². The first-order chi connectivity index (χ1) is 7.69. The van der Waals surface area contributed by atoms with Gasteiger partial charge in [0.05, 0.1) is 0 Å². The van der Waals surface area contributed by atoms with E-state index in [0.717, 1.165) is 17.4 Å². The molecule has 0 aliphatic carbocycles. The molecule has 16 heavy (non-hydrogen) atoms. The van der Waals surface area contributed by atoms with E-state index in [9.17, 15) is 4.79 Å². The van der Waals surface area contributed by atoms with Gasteiger partial charge in [-0.15, -0.1) is 0 Å². The fourth-order valence-electron chi connectivity index (χ4n) is 1.61. The fourth-order valence-corrected chi connectivity index (χ4v) is 1.74. The zero-order valence-electron chi connectivity index (χ0n) is 8.85. The van der Waals surface area contributed by atoms with Crippen molar-refractivity contribution in [1.82, 2.24) is 9.78 Å². The lowest BCUT2D eigenvalue weighted by Gasteiger charge is -1.99. The van der Waals surface area contributed by atoms with Gasteiger partial charge in [0.15, 0.2) is 6.29 Å². The van der Waals surface area contributed by atoms with Gasteiger partial charge in [0.2, 0.25) is 0 Å². The normalized spacial score (nSPS) is 10.4. The number of halogens is 1. The zero-order chi connectivity index (χ0) is 11.5. The Morgan fingerprint density at radius 1 is 1.38 bits per heavy atom. The number of aromatic nitrogens is 2. The molecule has 0 aliphatic rings. The Kier molecular flexibility index (Phi) is 3.06. The molecule has 0 spiro atoms. The standard InChI is InChI=1S/C12H11ClN2O/c1-15-7-10(12(8-16)14-15)6-9-2-4-11(13)5-3-9/h2-5,7-8H,6H2,1H3. The average Bonchev–Trinajstić information content (AvgIpc) is 2.62. The molecule has 0 radical (unpaired) electrons. The first kappa shape index (κ1) is 10.9. The van der Waals surface area contributed by atoms with Gasteiger partial charge in [0, 0.05) is 30.3 Å². The SMILES string of the molecule is Cn1cc(Cc2ccc(Cl)cc2)c(C=O)n1. The van der Waals surface area contributed by atoms with Gasteiger partial charge in [-0.2, -0.15) is 5.10 Å². The molecular formula is C12H11ClN2O. The molecule has 82 valence electrons. The Hall–Kier alpha value is -1.61. The lowest BCUT2D eigenvalue weighted by atomic mass is 10.1. The maximum absolute atomic E-state index is 10.8. The van der Waals surface area contributed by atoms with Crippen molar-refractivity contribution in [3.05, 3.63) is 52.3 Å². The number of aldehydes is 1. The van der Waals surface area contributed by atoms with Crippen molar-refractivity contribution in [2.45, 2.75) is 6.42 Å². The number of carbonyl (C=O) groups is 1. The highest BCUT2D eigenvalue weighted by Crippen LogP contribution is 2.14. The van der Waals surface area contributed by atoms with Crippen LogP contribution in [0.5, 0.6) is 0 Å². The second-order valence-corrected chi connectivity index (χ2v) is 4.07. The quantitative estimate of drug-likeness (QED) is 0.765. The van der Waals surface area contributed by atoms with Crippen molar-refractivity contribution in [3.8, 4) is 0 Å². The Bertz CT molecular complexity index is 502. The molecule has 0 saturated carbocycles. The van der Waals surface area contributed by atoms with E-state index in [4.69, 9.17) is 11.6 Å². The second kappa shape index (κ2) is 4.49. The predicted octanol–water partition coefficient (Wildman–Crippen LogP) is 2.48. The summed E-state index contributed by atoms with van der Waals surface area (Å²) >= 11 is 5.80. The van der Waals surface area contributed by atoms with E-state index in [1.54, 1.807) is 11.7 Å². The summed E-state index contributed by atoms with van der Waals surface area (Å²) in [5.74, 6) is 0. The van der Waals surface area contributed by atoms with E-state index >= 15 is 0 Å². The van der Waals surface area contributed by atoms with Crippen LogP contribution in [0, 0.1) is 0 Å². The zero-order valence-corrected chi connectivity index (χ0v) is 9.61. The third-order valence-corrected chi connectivity index (χ3v) is 2.61. The molecule has 4 heteroatoms. The Balaban J connectivity index is 2.26. The van der Waals surface area contributed by atoms with E-state index in [0.29, 0.717) is 17.1 Å². The molecule has 1 aromatic heterocycles. The third-order valence-electron chi connectivity index (χ3n) is 2.36. The molecule has 2 aromatic rings. The van der Waals surface area contributed by atoms with E-state index in [2.05, 4.69) is 5.10 Å². The topological polar surface area (TPSA) is 34.9 Å². The molecule has 0 fully saturated rings. The van der Waals surface area contributed by atoms with Gasteiger partial charge in [0.25, 0.3) is 0 Å². The molecule has 1 heterocycles. The molecule has 0 N–H and O–H groups in total. The highest BCUT2D eigenvalue weighted by Gasteiger charge is 2.07. The summed E-state index contributed by atoms with van der Waals surface area (Å²) in [6.07, 6.45) is 3.34. The summed E-state index contributed by atoms with van der Waals surface area (Å²) in [4.78, 5) is 10.8. The molecule has 0 bridgehead atoms. The summed E-state index contributed by atoms with van der Waals surface area (Å²) in [7, 11) is 1.80. The largest absolute Gasteiger partial charge is 0.296 e. The number of hydrogen-bond donors (Lipinski definition) is 0. The van der Waals surface area contributed by atoms with Crippen LogP contribution in [0.1, 0.15) is 21.6 Å². The summed E-state index contributed by atoms with van der Waals surface area (Å²) < 4.78 is 1.65. The monoisotopic (exact) mass is 234 g/mol. The van der Waals surface area contributed by atoms with Gasteiger partial charge in [0.1, 0.15) is 5.69 Å². The van der Waals surface area contributed by atoms with E-state index < -0.39 is 0 Å². The average molecular weight is 235 g/mol. The highest BCUT2D eigenvalue weighted by molar-refractivity contribution is 6.30. The van der Waals surface area contributed by atoms with Crippen molar-refractivity contribution in [2.24, 2.45) is 7.05 Å². The van der Waals surface area contributed by atoms with Crippen LogP contribution in [0.4, 0.5) is 0 Å². The van der Waals surface area contributed by atoms with Crippen LogP contribution in [0.3, 0.4) is 0 Å². The maximum atomic E-state index is 10.8. The summed E-state index contributed by atoms with van der Waals surface area (Å²) in [5.41, 5.74) is 2.54. The van der Waals surface area contributed by atoms with Crippen LogP contribution in [0.2, 0.25) is 5.02 Å². The van der Waals surface area contributed by atoms with Gasteiger partial charge in [-0.3, -0.25) is 9.48 Å². The number of nitrogens with zero attached hydrogens (tertiary/aromatic N) is 2. The van der Waals surface area contributed by atoms with Crippen LogP contribution < -0.4 is 0 Å². The molecule has 0 atom stereocenters. The fraction of sp³-hybridized carbons (Fsp3) is 0.167. The Labute approximate surface area is 98.7 Å². The third kappa shape index (κ3) is 2.31. The molecule has 2 rings (SSSR count). The summed E-state index contributed by atoms with van der Waals surface area (Å²) in [5, 5.41) is 4.78. The summed E-state index contributed by atoms with van der Waals surface area (Å²) in [6, 6.07) is 7.58. The number of hydrogen-bond acceptors (Lipinski definition) is 2. The number of carbonyl (C=O) groups excluding carboxylic acids is 1. The minimum absolute atomic E-state index is 0.498. The van der Waals surface area contributed by atoms with Crippen LogP contribution in [-0.4, -0.2) is 16.1 Å². The van der Waals surface area contributed by atoms with Gasteiger partial charge >= 0.3 is 0 Å². The molecule has 0 unspecified atom stereocenters. The second-order valence-electron chi connectivity index (χ2n) is 3.63. The van der Waals surface area contributed by atoms with E-state index in [1.807, 2.05) is 30.5 Å². The minimum Gasteiger partial charge on any atom is -0.296 e. The Morgan fingerprint density at radius 2 is 2.06 bits per heavy atom. The lowest BCUT2D eigenvalue weighted by Crippen LogP contribution is -1.91. The minimum atomic E-state index is 0.498. The van der Waals surface area contributed by atoms with Crippen molar-refractivity contribution < 1.29 is 4.79 Å². The lowest BCUT2D eigenvalue weighted by molar-refractivity contribution is 0.111. The van der Waals surface area contributed by atoms with E-state index in [1.165, 1.54) is 0 Å². The summed E-state index contributed by atoms with van der Waals surface area (Å²) in [6.45, 7) is 0. The van der Waals surface area contributed by atoms with Crippen LogP contribution >= 0.6 is 11.6 Å². The van der Waals surface area contributed by atoms with Crippen molar-refractivity contribution in [3.63, 3.8) is 0 Å². The Morgan fingerprint density at radius 3 is 2.69 bits per heavy atom. The maximum Gasteiger partial charge on any atom is 0.170 e. The number of rotatable bonds is 3. The first-order valence-electron chi connectivity index (χ1n) is 4.91. The molecule has 0 saturated heterocycles. The van der Waals surface area contributed by atoms with Gasteiger partial charge < -0.3 is 0 Å². The van der Waals surface area contributed by atoms with Gasteiger partial charge in [-0.1, -0.05) is 23.7 Å². The molecular weight excluding hydrogens is 224 g/mol. The molecule has 3 nitrogen and oxygen atoms in total. The van der Waals surface area contributed by atoms with Crippen LogP contribution in [-0.2, 0) is 13.5 Å². The van der Waals surface area contributed by atoms with Gasteiger partial charge in [-0.05, 0) is 17.7 Å². The molecule has 0 amide bonds.